The minimum atomic E-state index is -0.626. The zero-order chi connectivity index (χ0) is 10.7. The molecular formula is C10H13N5. The van der Waals surface area contributed by atoms with Crippen molar-refractivity contribution in [3.63, 3.8) is 0 Å². The zero-order valence-electron chi connectivity index (χ0n) is 8.22. The second kappa shape index (κ2) is 3.70. The summed E-state index contributed by atoms with van der Waals surface area (Å²) in [5.74, 6) is 0. The lowest BCUT2D eigenvalue weighted by molar-refractivity contribution is 0.458. The first kappa shape index (κ1) is 9.67. The number of hydrogen-bond acceptors (Lipinski definition) is 5. The third-order valence-corrected chi connectivity index (χ3v) is 2.17. The Bertz CT molecular complexity index is 398. The molecular weight excluding hydrogens is 190 g/mol. The van der Waals surface area contributed by atoms with Gasteiger partial charge in [-0.05, 0) is 12.2 Å². The van der Waals surface area contributed by atoms with Crippen molar-refractivity contribution in [1.29, 1.82) is 0 Å². The van der Waals surface area contributed by atoms with Crippen molar-refractivity contribution in [2.75, 3.05) is 0 Å². The van der Waals surface area contributed by atoms with E-state index >= 15 is 0 Å². The quantitative estimate of drug-likeness (QED) is 0.610. The van der Waals surface area contributed by atoms with Gasteiger partial charge in [0.1, 0.15) is 5.66 Å². The lowest BCUT2D eigenvalue weighted by atomic mass is 10.0. The van der Waals surface area contributed by atoms with E-state index in [9.17, 15) is 0 Å². The second-order valence-electron chi connectivity index (χ2n) is 3.54. The summed E-state index contributed by atoms with van der Waals surface area (Å²) < 4.78 is 0. The summed E-state index contributed by atoms with van der Waals surface area (Å²) >= 11 is 0. The van der Waals surface area contributed by atoms with E-state index in [2.05, 4.69) is 15.3 Å². The topological polar surface area (TPSA) is 89.8 Å². The van der Waals surface area contributed by atoms with Crippen LogP contribution in [0.1, 0.15) is 5.69 Å². The number of allylic oxidation sites excluding steroid dienone is 1. The summed E-state index contributed by atoms with van der Waals surface area (Å²) in [5, 5.41) is 3.03. The minimum absolute atomic E-state index is 0.571. The van der Waals surface area contributed by atoms with Crippen LogP contribution in [0.2, 0.25) is 0 Å². The second-order valence-corrected chi connectivity index (χ2v) is 3.54. The third-order valence-electron chi connectivity index (χ3n) is 2.17. The van der Waals surface area contributed by atoms with Crippen LogP contribution in [0.15, 0.2) is 42.6 Å². The fraction of sp³-hybridized carbons (Fsp3) is 0.200. The Balaban J connectivity index is 2.10. The van der Waals surface area contributed by atoms with Gasteiger partial charge in [0.2, 0.25) is 0 Å². The molecule has 1 aromatic rings. The van der Waals surface area contributed by atoms with Crippen molar-refractivity contribution < 1.29 is 0 Å². The molecule has 5 heteroatoms. The highest BCUT2D eigenvalue weighted by Crippen LogP contribution is 2.11. The van der Waals surface area contributed by atoms with Crippen LogP contribution in [-0.2, 0) is 6.42 Å². The predicted octanol–water partition coefficient (Wildman–Crippen LogP) is -0.366. The molecule has 1 atom stereocenters. The fourth-order valence-electron chi connectivity index (χ4n) is 1.39. The van der Waals surface area contributed by atoms with Crippen LogP contribution in [0, 0.1) is 0 Å². The number of rotatable bonds is 2. The Morgan fingerprint density at radius 2 is 2.27 bits per heavy atom. The molecule has 1 aliphatic rings. The molecule has 0 saturated carbocycles. The smallest absolute Gasteiger partial charge is 0.111 e. The normalized spacial score (nSPS) is 24.5. The molecule has 1 unspecified atom stereocenters. The van der Waals surface area contributed by atoms with Gasteiger partial charge in [-0.3, -0.25) is 9.97 Å². The largest absolute Gasteiger partial charge is 0.398 e. The summed E-state index contributed by atoms with van der Waals surface area (Å²) in [4.78, 5) is 8.15. The standard InChI is InChI=1S/C10H13N5/c11-8-1-2-10(12,15-6-8)5-9-7-13-3-4-14-9/h1-4,6-7,15H,5,11-12H2. The average molecular weight is 203 g/mol. The molecule has 0 amide bonds. The van der Waals surface area contributed by atoms with Crippen molar-refractivity contribution in [3.8, 4) is 0 Å². The Hall–Kier alpha value is -1.88. The zero-order valence-corrected chi connectivity index (χ0v) is 8.22. The van der Waals surface area contributed by atoms with Crippen molar-refractivity contribution in [2.45, 2.75) is 12.1 Å². The number of nitrogens with zero attached hydrogens (tertiary/aromatic N) is 2. The van der Waals surface area contributed by atoms with Gasteiger partial charge in [0, 0.05) is 36.9 Å². The van der Waals surface area contributed by atoms with Crippen LogP contribution in [0.4, 0.5) is 0 Å². The Kier molecular flexibility index (Phi) is 2.39. The van der Waals surface area contributed by atoms with E-state index < -0.39 is 5.66 Å². The van der Waals surface area contributed by atoms with Crippen LogP contribution in [0.3, 0.4) is 0 Å². The molecule has 0 aliphatic carbocycles. The maximum Gasteiger partial charge on any atom is 0.111 e. The lowest BCUT2D eigenvalue weighted by Gasteiger charge is -2.28. The molecule has 0 bridgehead atoms. The molecule has 1 aliphatic heterocycles. The molecule has 0 saturated heterocycles. The summed E-state index contributed by atoms with van der Waals surface area (Å²) in [6.45, 7) is 0. The van der Waals surface area contributed by atoms with Gasteiger partial charge < -0.3 is 16.8 Å². The lowest BCUT2D eigenvalue weighted by Crippen LogP contribution is -2.53. The van der Waals surface area contributed by atoms with Crippen LogP contribution in [0.25, 0.3) is 0 Å². The molecule has 1 aromatic heterocycles. The van der Waals surface area contributed by atoms with Gasteiger partial charge in [-0.25, -0.2) is 0 Å². The highest BCUT2D eigenvalue weighted by molar-refractivity contribution is 5.26. The number of nitrogens with one attached hydrogen (secondary N) is 1. The van der Waals surface area contributed by atoms with Crippen molar-refractivity contribution in [2.24, 2.45) is 11.5 Å². The molecule has 0 radical (unpaired) electrons. The summed E-state index contributed by atoms with van der Waals surface area (Å²) in [6.07, 6.45) is 10.9. The van der Waals surface area contributed by atoms with E-state index in [1.54, 1.807) is 30.9 Å². The van der Waals surface area contributed by atoms with Gasteiger partial charge in [0.15, 0.2) is 0 Å². The average Bonchev–Trinajstić information content (AvgIpc) is 2.24. The first-order valence-corrected chi connectivity index (χ1v) is 4.64. The summed E-state index contributed by atoms with van der Waals surface area (Å²) in [7, 11) is 0. The van der Waals surface area contributed by atoms with Crippen LogP contribution < -0.4 is 16.8 Å². The monoisotopic (exact) mass is 203 g/mol. The van der Waals surface area contributed by atoms with Crippen molar-refractivity contribution in [3.05, 3.63) is 48.3 Å². The van der Waals surface area contributed by atoms with Crippen LogP contribution in [0.5, 0.6) is 0 Å². The van der Waals surface area contributed by atoms with Gasteiger partial charge in [0.05, 0.1) is 5.69 Å². The third kappa shape index (κ3) is 2.32. The maximum absolute atomic E-state index is 6.09. The van der Waals surface area contributed by atoms with Crippen molar-refractivity contribution in [1.82, 2.24) is 15.3 Å². The van der Waals surface area contributed by atoms with Crippen LogP contribution in [-0.4, -0.2) is 15.6 Å². The molecule has 0 fully saturated rings. The highest BCUT2D eigenvalue weighted by atomic mass is 15.1. The van der Waals surface area contributed by atoms with Gasteiger partial charge in [-0.2, -0.15) is 0 Å². The molecule has 0 spiro atoms. The van der Waals surface area contributed by atoms with Gasteiger partial charge >= 0.3 is 0 Å². The summed E-state index contributed by atoms with van der Waals surface area (Å²) in [5.41, 5.74) is 12.5. The van der Waals surface area contributed by atoms with E-state index in [0.717, 1.165) is 5.69 Å². The SMILES string of the molecule is NC1=CNC(N)(Cc2cnccn2)C=C1. The molecule has 2 rings (SSSR count). The fourth-order valence-corrected chi connectivity index (χ4v) is 1.39. The van der Waals surface area contributed by atoms with E-state index in [-0.39, 0.29) is 0 Å². The Morgan fingerprint density at radius 1 is 1.40 bits per heavy atom. The number of aromatic nitrogens is 2. The molecule has 2 heterocycles. The predicted molar refractivity (Wildman–Crippen MR) is 57.2 cm³/mol. The minimum Gasteiger partial charge on any atom is -0.398 e. The molecule has 78 valence electrons. The Morgan fingerprint density at radius 3 is 2.87 bits per heavy atom. The van der Waals surface area contributed by atoms with E-state index in [1.165, 1.54) is 0 Å². The van der Waals surface area contributed by atoms with E-state index in [0.29, 0.717) is 12.1 Å². The van der Waals surface area contributed by atoms with Gasteiger partial charge in [-0.15, -0.1) is 0 Å². The molecule has 5 N–H and O–H groups in total. The number of dihydropyridines is 1. The van der Waals surface area contributed by atoms with E-state index in [4.69, 9.17) is 11.5 Å². The Labute approximate surface area is 87.9 Å². The van der Waals surface area contributed by atoms with Crippen LogP contribution >= 0.6 is 0 Å². The summed E-state index contributed by atoms with van der Waals surface area (Å²) in [6, 6.07) is 0. The van der Waals surface area contributed by atoms with E-state index in [1.807, 2.05) is 6.08 Å². The number of hydrogen-bond donors (Lipinski definition) is 3. The highest BCUT2D eigenvalue weighted by Gasteiger charge is 2.23. The van der Waals surface area contributed by atoms with Crippen molar-refractivity contribution >= 4 is 0 Å². The molecule has 0 aromatic carbocycles. The molecule has 5 nitrogen and oxygen atoms in total. The first-order chi connectivity index (χ1) is 7.18. The van der Waals surface area contributed by atoms with Gasteiger partial charge in [-0.1, -0.05) is 0 Å². The first-order valence-electron chi connectivity index (χ1n) is 4.64. The maximum atomic E-state index is 6.09. The van der Waals surface area contributed by atoms with Gasteiger partial charge in [0.25, 0.3) is 0 Å². The number of nitrogens with two attached hydrogens (primary N) is 2. The molecule has 15 heavy (non-hydrogen) atoms.